The molecule has 3 N–H and O–H groups in total. The average Bonchev–Trinajstić information content (AvgIpc) is 2.20. The molecule has 0 spiro atoms. The Morgan fingerprint density at radius 2 is 1.81 bits per heavy atom. The summed E-state index contributed by atoms with van der Waals surface area (Å²) < 4.78 is 0. The molecule has 16 heavy (non-hydrogen) atoms. The zero-order valence-corrected chi connectivity index (χ0v) is 10.0. The number of nitrogens with two attached hydrogens (primary N) is 1. The van der Waals surface area contributed by atoms with Crippen LogP contribution in [0.25, 0.3) is 0 Å². The van der Waals surface area contributed by atoms with Crippen molar-refractivity contribution in [1.82, 2.24) is 9.91 Å². The second kappa shape index (κ2) is 4.72. The molecule has 1 aromatic carbocycles. The maximum atomic E-state index is 5.82. The highest BCUT2D eigenvalue weighted by atomic mass is 15.5. The minimum atomic E-state index is 0.816. The largest absolute Gasteiger partial charge is 0.399 e. The molecule has 0 aromatic heterocycles. The Kier molecular flexibility index (Phi) is 3.31. The van der Waals surface area contributed by atoms with Crippen molar-refractivity contribution in [3.8, 4) is 0 Å². The van der Waals surface area contributed by atoms with Crippen molar-refractivity contribution >= 4 is 11.4 Å². The Balaban J connectivity index is 1.98. The molecule has 0 aliphatic carbocycles. The lowest BCUT2D eigenvalue weighted by atomic mass is 10.2. The minimum absolute atomic E-state index is 0.816. The number of hydrogen-bond acceptors (Lipinski definition) is 4. The molecule has 1 saturated heterocycles. The fourth-order valence-electron chi connectivity index (χ4n) is 1.98. The van der Waals surface area contributed by atoms with Gasteiger partial charge in [0.1, 0.15) is 0 Å². The molecule has 88 valence electrons. The second-order valence-corrected chi connectivity index (χ2v) is 4.53. The van der Waals surface area contributed by atoms with Crippen molar-refractivity contribution < 1.29 is 0 Å². The third-order valence-electron chi connectivity index (χ3n) is 2.89. The fourth-order valence-corrected chi connectivity index (χ4v) is 1.98. The molecule has 4 heteroatoms. The van der Waals surface area contributed by atoms with Crippen LogP contribution in [0.5, 0.6) is 0 Å². The van der Waals surface area contributed by atoms with Crippen molar-refractivity contribution in [2.45, 2.75) is 6.92 Å². The molecule has 0 atom stereocenters. The molecule has 0 radical (unpaired) electrons. The highest BCUT2D eigenvalue weighted by Crippen LogP contribution is 2.16. The molecule has 0 unspecified atom stereocenters. The third-order valence-corrected chi connectivity index (χ3v) is 2.89. The van der Waals surface area contributed by atoms with E-state index in [-0.39, 0.29) is 0 Å². The van der Waals surface area contributed by atoms with E-state index in [2.05, 4.69) is 35.4 Å². The SMILES string of the molecule is Cc1cc(N)cc(NN2CCN(C)CC2)c1. The zero-order chi connectivity index (χ0) is 11.5. The lowest BCUT2D eigenvalue weighted by Crippen LogP contribution is -2.46. The van der Waals surface area contributed by atoms with E-state index in [4.69, 9.17) is 5.73 Å². The summed E-state index contributed by atoms with van der Waals surface area (Å²) in [6, 6.07) is 6.08. The van der Waals surface area contributed by atoms with Crippen LogP contribution in [-0.2, 0) is 0 Å². The number of hydrazine groups is 1. The summed E-state index contributed by atoms with van der Waals surface area (Å²) >= 11 is 0. The van der Waals surface area contributed by atoms with Crippen LogP contribution in [0.3, 0.4) is 0 Å². The first-order chi connectivity index (χ1) is 7.63. The topological polar surface area (TPSA) is 44.5 Å². The van der Waals surface area contributed by atoms with E-state index in [0.717, 1.165) is 37.6 Å². The van der Waals surface area contributed by atoms with E-state index in [1.807, 2.05) is 12.1 Å². The van der Waals surface area contributed by atoms with Crippen molar-refractivity contribution in [1.29, 1.82) is 0 Å². The van der Waals surface area contributed by atoms with Crippen molar-refractivity contribution in [3.05, 3.63) is 23.8 Å². The molecule has 1 aromatic rings. The minimum Gasteiger partial charge on any atom is -0.399 e. The van der Waals surface area contributed by atoms with Gasteiger partial charge in [0.25, 0.3) is 0 Å². The van der Waals surface area contributed by atoms with E-state index in [9.17, 15) is 0 Å². The van der Waals surface area contributed by atoms with Gasteiger partial charge >= 0.3 is 0 Å². The smallest absolute Gasteiger partial charge is 0.0513 e. The Labute approximate surface area is 97.0 Å². The molecular weight excluding hydrogens is 200 g/mol. The van der Waals surface area contributed by atoms with Gasteiger partial charge in [0.2, 0.25) is 0 Å². The van der Waals surface area contributed by atoms with E-state index in [1.165, 1.54) is 5.56 Å². The second-order valence-electron chi connectivity index (χ2n) is 4.53. The Morgan fingerprint density at radius 3 is 2.44 bits per heavy atom. The molecule has 1 heterocycles. The maximum Gasteiger partial charge on any atom is 0.0513 e. The number of rotatable bonds is 2. The molecule has 4 nitrogen and oxygen atoms in total. The molecule has 0 saturated carbocycles. The summed E-state index contributed by atoms with van der Waals surface area (Å²) in [6.45, 7) is 6.36. The monoisotopic (exact) mass is 220 g/mol. The summed E-state index contributed by atoms with van der Waals surface area (Å²) in [5.74, 6) is 0. The summed E-state index contributed by atoms with van der Waals surface area (Å²) in [6.07, 6.45) is 0. The highest BCUT2D eigenvalue weighted by Gasteiger charge is 2.13. The third kappa shape index (κ3) is 2.87. The van der Waals surface area contributed by atoms with Gasteiger partial charge in [-0.05, 0) is 37.7 Å². The summed E-state index contributed by atoms with van der Waals surface area (Å²) in [4.78, 5) is 2.34. The predicted molar refractivity (Wildman–Crippen MR) is 68.3 cm³/mol. The van der Waals surface area contributed by atoms with Crippen molar-refractivity contribution in [2.24, 2.45) is 0 Å². The van der Waals surface area contributed by atoms with Gasteiger partial charge in [-0.3, -0.25) is 0 Å². The summed E-state index contributed by atoms with van der Waals surface area (Å²) in [5, 5.41) is 2.24. The van der Waals surface area contributed by atoms with Gasteiger partial charge in [0.05, 0.1) is 5.69 Å². The van der Waals surface area contributed by atoms with Gasteiger partial charge in [0.15, 0.2) is 0 Å². The van der Waals surface area contributed by atoms with Gasteiger partial charge in [0, 0.05) is 31.9 Å². The number of nitrogens with zero attached hydrogens (tertiary/aromatic N) is 2. The number of likely N-dealkylation sites (N-methyl/N-ethyl adjacent to an activating group) is 1. The first-order valence-corrected chi connectivity index (χ1v) is 5.71. The maximum absolute atomic E-state index is 5.82. The average molecular weight is 220 g/mol. The van der Waals surface area contributed by atoms with Crippen LogP contribution in [0.4, 0.5) is 11.4 Å². The number of nitrogen functional groups attached to an aromatic ring is 1. The van der Waals surface area contributed by atoms with Crippen LogP contribution in [0.15, 0.2) is 18.2 Å². The Bertz CT molecular complexity index is 336. The van der Waals surface area contributed by atoms with Gasteiger partial charge < -0.3 is 16.1 Å². The fraction of sp³-hybridized carbons (Fsp3) is 0.500. The molecule has 1 fully saturated rings. The summed E-state index contributed by atoms with van der Waals surface area (Å²) in [7, 11) is 2.15. The van der Waals surface area contributed by atoms with Gasteiger partial charge in [-0.1, -0.05) is 0 Å². The van der Waals surface area contributed by atoms with Crippen LogP contribution in [0.1, 0.15) is 5.56 Å². The summed E-state index contributed by atoms with van der Waals surface area (Å²) in [5.41, 5.74) is 12.3. The number of piperazine rings is 1. The number of anilines is 2. The predicted octanol–water partition coefficient (Wildman–Crippen LogP) is 1.15. The number of aryl methyl sites for hydroxylation is 1. The van der Waals surface area contributed by atoms with E-state index in [0.29, 0.717) is 0 Å². The van der Waals surface area contributed by atoms with Gasteiger partial charge in [-0.15, -0.1) is 0 Å². The van der Waals surface area contributed by atoms with Crippen molar-refractivity contribution in [3.63, 3.8) is 0 Å². The first-order valence-electron chi connectivity index (χ1n) is 5.71. The standard InChI is InChI=1S/C12H20N4/c1-10-7-11(13)9-12(8-10)14-16-5-3-15(2)4-6-16/h7-9,14H,3-6,13H2,1-2H3. The van der Waals surface area contributed by atoms with Crippen LogP contribution in [0.2, 0.25) is 0 Å². The van der Waals surface area contributed by atoms with Crippen LogP contribution >= 0.6 is 0 Å². The number of benzene rings is 1. The normalized spacial score (nSPS) is 18.6. The molecule has 1 aliphatic heterocycles. The Hall–Kier alpha value is -1.26. The molecule has 2 rings (SSSR count). The van der Waals surface area contributed by atoms with E-state index < -0.39 is 0 Å². The van der Waals surface area contributed by atoms with Gasteiger partial charge in [-0.2, -0.15) is 0 Å². The van der Waals surface area contributed by atoms with Crippen LogP contribution in [0, 0.1) is 6.92 Å². The number of nitrogens with one attached hydrogen (secondary N) is 1. The van der Waals surface area contributed by atoms with Crippen LogP contribution < -0.4 is 11.2 Å². The zero-order valence-electron chi connectivity index (χ0n) is 10.0. The van der Waals surface area contributed by atoms with Gasteiger partial charge in [-0.25, -0.2) is 5.01 Å². The molecular formula is C12H20N4. The van der Waals surface area contributed by atoms with E-state index in [1.54, 1.807) is 0 Å². The first kappa shape index (κ1) is 11.2. The molecule has 1 aliphatic rings. The van der Waals surface area contributed by atoms with E-state index >= 15 is 0 Å². The lowest BCUT2D eigenvalue weighted by molar-refractivity contribution is 0.179. The Morgan fingerprint density at radius 1 is 1.12 bits per heavy atom. The quantitative estimate of drug-likeness (QED) is 0.734. The van der Waals surface area contributed by atoms with Crippen LogP contribution in [-0.4, -0.2) is 43.1 Å². The van der Waals surface area contributed by atoms with Crippen molar-refractivity contribution in [2.75, 3.05) is 44.4 Å². The molecule has 0 amide bonds. The highest BCUT2D eigenvalue weighted by molar-refractivity contribution is 5.56. The molecule has 0 bridgehead atoms. The number of hydrogen-bond donors (Lipinski definition) is 2. The lowest BCUT2D eigenvalue weighted by Gasteiger charge is -2.33.